The number of ether oxygens (including phenoxy) is 1. The van der Waals surface area contributed by atoms with Crippen LogP contribution in [0.1, 0.15) is 29.4 Å². The van der Waals surface area contributed by atoms with Gasteiger partial charge in [-0.25, -0.2) is 0 Å². The number of methoxy groups -OCH3 is 1. The van der Waals surface area contributed by atoms with Crippen molar-refractivity contribution in [2.24, 2.45) is 12.0 Å². The number of nitrogens with one attached hydrogen (secondary N) is 2. The Kier molecular flexibility index (Phi) is 8.52. The second kappa shape index (κ2) is 10.7. The van der Waals surface area contributed by atoms with Crippen LogP contribution in [0.2, 0.25) is 0 Å². The van der Waals surface area contributed by atoms with Crippen LogP contribution in [0.4, 0.5) is 0 Å². The molecule has 0 aliphatic heterocycles. The van der Waals surface area contributed by atoms with Crippen molar-refractivity contribution in [2.75, 3.05) is 14.2 Å². The second-order valence-electron chi connectivity index (χ2n) is 7.50. The van der Waals surface area contributed by atoms with Gasteiger partial charge >= 0.3 is 0 Å². The predicted octanol–water partition coefficient (Wildman–Crippen LogP) is 4.11. The summed E-state index contributed by atoms with van der Waals surface area (Å²) in [5.74, 6) is 1.67. The van der Waals surface area contributed by atoms with E-state index in [0.29, 0.717) is 6.54 Å². The van der Waals surface area contributed by atoms with Crippen molar-refractivity contribution in [3.8, 4) is 5.75 Å². The van der Waals surface area contributed by atoms with Crippen LogP contribution in [0.5, 0.6) is 5.75 Å². The van der Waals surface area contributed by atoms with E-state index in [4.69, 9.17) is 4.74 Å². The maximum absolute atomic E-state index is 5.30. The third-order valence-corrected chi connectivity index (χ3v) is 5.35. The Balaban J connectivity index is 0.00000320. The zero-order valence-corrected chi connectivity index (χ0v) is 20.9. The van der Waals surface area contributed by atoms with Gasteiger partial charge in [-0.2, -0.15) is 5.10 Å². The van der Waals surface area contributed by atoms with Gasteiger partial charge in [0.15, 0.2) is 5.96 Å². The first-order valence-corrected chi connectivity index (χ1v) is 9.94. The maximum Gasteiger partial charge on any atom is 0.191 e. The highest BCUT2D eigenvalue weighted by Crippen LogP contribution is 2.21. The molecule has 2 N–H and O–H groups in total. The molecule has 1 atom stereocenters. The predicted molar refractivity (Wildman–Crippen MR) is 135 cm³/mol. The molecule has 3 rings (SSSR count). The molecule has 7 heteroatoms. The Morgan fingerprint density at radius 2 is 1.87 bits per heavy atom. The summed E-state index contributed by atoms with van der Waals surface area (Å²) < 4.78 is 7.24. The highest BCUT2D eigenvalue weighted by Gasteiger charge is 2.14. The zero-order chi connectivity index (χ0) is 21.0. The molecule has 0 bridgehead atoms. The van der Waals surface area contributed by atoms with Gasteiger partial charge in [0.1, 0.15) is 5.75 Å². The SMILES string of the molecule is CN=C(NCc1ccc2cc(OC)ccc2c1)NC(C)Cc1c(C)nn(C)c1C.I. The smallest absolute Gasteiger partial charge is 0.191 e. The molecule has 0 fully saturated rings. The summed E-state index contributed by atoms with van der Waals surface area (Å²) in [6.45, 7) is 7.06. The summed E-state index contributed by atoms with van der Waals surface area (Å²) >= 11 is 0. The van der Waals surface area contributed by atoms with E-state index in [1.807, 2.05) is 17.8 Å². The third kappa shape index (κ3) is 5.65. The van der Waals surface area contributed by atoms with Gasteiger partial charge in [0.05, 0.1) is 12.8 Å². The number of rotatable bonds is 6. The van der Waals surface area contributed by atoms with Gasteiger partial charge in [-0.1, -0.05) is 18.2 Å². The molecule has 3 aromatic rings. The summed E-state index contributed by atoms with van der Waals surface area (Å²) in [5, 5.41) is 13.8. The summed E-state index contributed by atoms with van der Waals surface area (Å²) in [5.41, 5.74) is 4.81. The first-order valence-electron chi connectivity index (χ1n) is 9.94. The molecule has 1 aromatic heterocycles. The molecule has 0 spiro atoms. The standard InChI is InChI=1S/C23H31N5O.HI/c1-15(11-22-16(2)27-28(5)17(22)3)26-23(24-4)25-14-18-7-8-20-13-21(29-6)10-9-19(20)12-18;/h7-10,12-13,15H,11,14H2,1-6H3,(H2,24,25,26);1H. The number of hydrogen-bond donors (Lipinski definition) is 2. The zero-order valence-electron chi connectivity index (χ0n) is 18.6. The molecule has 2 aromatic carbocycles. The van der Waals surface area contributed by atoms with Crippen LogP contribution in [0.3, 0.4) is 0 Å². The monoisotopic (exact) mass is 521 g/mol. The number of aryl methyl sites for hydroxylation is 2. The fourth-order valence-corrected chi connectivity index (χ4v) is 3.59. The van der Waals surface area contributed by atoms with Crippen molar-refractivity contribution in [3.63, 3.8) is 0 Å². The molecular weight excluding hydrogens is 489 g/mol. The van der Waals surface area contributed by atoms with Gasteiger partial charge in [-0.05, 0) is 67.3 Å². The van der Waals surface area contributed by atoms with Gasteiger partial charge in [-0.15, -0.1) is 24.0 Å². The molecule has 0 radical (unpaired) electrons. The molecule has 0 saturated heterocycles. The largest absolute Gasteiger partial charge is 0.497 e. The molecule has 0 aliphatic rings. The van der Waals surface area contributed by atoms with Crippen LogP contribution in [0.15, 0.2) is 41.4 Å². The lowest BCUT2D eigenvalue weighted by Crippen LogP contribution is -2.42. The molecule has 30 heavy (non-hydrogen) atoms. The number of aliphatic imine (C=N–C) groups is 1. The van der Waals surface area contributed by atoms with Crippen LogP contribution >= 0.6 is 24.0 Å². The van der Waals surface area contributed by atoms with Crippen LogP contribution in [0, 0.1) is 13.8 Å². The maximum atomic E-state index is 5.30. The fourth-order valence-electron chi connectivity index (χ4n) is 3.59. The van der Waals surface area contributed by atoms with E-state index in [9.17, 15) is 0 Å². The Bertz CT molecular complexity index is 1030. The van der Waals surface area contributed by atoms with Gasteiger partial charge in [-0.3, -0.25) is 9.67 Å². The summed E-state index contributed by atoms with van der Waals surface area (Å²) in [6.07, 6.45) is 0.907. The fraction of sp³-hybridized carbons (Fsp3) is 0.391. The van der Waals surface area contributed by atoms with Crippen LogP contribution < -0.4 is 15.4 Å². The van der Waals surface area contributed by atoms with Crippen molar-refractivity contribution in [3.05, 3.63) is 58.9 Å². The lowest BCUT2D eigenvalue weighted by molar-refractivity contribution is 0.415. The summed E-state index contributed by atoms with van der Waals surface area (Å²) in [6, 6.07) is 12.8. The van der Waals surface area contributed by atoms with Crippen LogP contribution in [-0.4, -0.2) is 35.9 Å². The van der Waals surface area contributed by atoms with E-state index >= 15 is 0 Å². The first kappa shape index (κ1) is 24.0. The second-order valence-corrected chi connectivity index (χ2v) is 7.50. The minimum atomic E-state index is 0. The number of aromatic nitrogens is 2. The summed E-state index contributed by atoms with van der Waals surface area (Å²) in [4.78, 5) is 4.38. The van der Waals surface area contributed by atoms with Crippen LogP contribution in [-0.2, 0) is 20.0 Å². The molecule has 0 aliphatic carbocycles. The molecule has 6 nitrogen and oxygen atoms in total. The molecule has 0 saturated carbocycles. The number of nitrogens with zero attached hydrogens (tertiary/aromatic N) is 3. The number of guanidine groups is 1. The van der Waals surface area contributed by atoms with E-state index in [1.165, 1.54) is 27.6 Å². The number of benzene rings is 2. The topological polar surface area (TPSA) is 63.5 Å². The lowest BCUT2D eigenvalue weighted by atomic mass is 10.1. The van der Waals surface area contributed by atoms with Gasteiger partial charge < -0.3 is 15.4 Å². The Hall–Kier alpha value is -2.29. The van der Waals surface area contributed by atoms with E-state index in [0.717, 1.165) is 23.8 Å². The quantitative estimate of drug-likeness (QED) is 0.291. The highest BCUT2D eigenvalue weighted by molar-refractivity contribution is 14.0. The Labute approximate surface area is 196 Å². The average molecular weight is 521 g/mol. The van der Waals surface area contributed by atoms with E-state index in [1.54, 1.807) is 14.2 Å². The molecule has 162 valence electrons. The number of halogens is 1. The van der Waals surface area contributed by atoms with E-state index < -0.39 is 0 Å². The molecule has 0 amide bonds. The molecular formula is C23H32IN5O. The molecule has 1 unspecified atom stereocenters. The van der Waals surface area contributed by atoms with Crippen molar-refractivity contribution in [2.45, 2.75) is 39.8 Å². The third-order valence-electron chi connectivity index (χ3n) is 5.35. The average Bonchev–Trinajstić information content (AvgIpc) is 2.96. The minimum Gasteiger partial charge on any atom is -0.497 e. The van der Waals surface area contributed by atoms with Crippen molar-refractivity contribution < 1.29 is 4.74 Å². The first-order chi connectivity index (χ1) is 13.9. The van der Waals surface area contributed by atoms with Gasteiger partial charge in [0.25, 0.3) is 0 Å². The van der Waals surface area contributed by atoms with Crippen molar-refractivity contribution in [1.29, 1.82) is 0 Å². The Morgan fingerprint density at radius 3 is 2.50 bits per heavy atom. The van der Waals surface area contributed by atoms with Crippen LogP contribution in [0.25, 0.3) is 10.8 Å². The normalized spacial score (nSPS) is 12.4. The molecule has 1 heterocycles. The van der Waals surface area contributed by atoms with Crippen molar-refractivity contribution >= 4 is 40.7 Å². The van der Waals surface area contributed by atoms with Gasteiger partial charge in [0.2, 0.25) is 0 Å². The lowest BCUT2D eigenvalue weighted by Gasteiger charge is -2.18. The summed E-state index contributed by atoms with van der Waals surface area (Å²) in [7, 11) is 5.48. The number of fused-ring (bicyclic) bond motifs is 1. The highest BCUT2D eigenvalue weighted by atomic mass is 127. The number of hydrogen-bond acceptors (Lipinski definition) is 3. The van der Waals surface area contributed by atoms with Gasteiger partial charge in [0, 0.05) is 32.4 Å². The van der Waals surface area contributed by atoms with E-state index in [-0.39, 0.29) is 30.0 Å². The minimum absolute atomic E-state index is 0. The van der Waals surface area contributed by atoms with E-state index in [2.05, 4.69) is 71.8 Å². The van der Waals surface area contributed by atoms with Crippen molar-refractivity contribution in [1.82, 2.24) is 20.4 Å². The Morgan fingerprint density at radius 1 is 1.17 bits per heavy atom.